The molecule has 0 aromatic heterocycles. The van der Waals surface area contributed by atoms with Crippen LogP contribution in [0.5, 0.6) is 11.5 Å². The predicted molar refractivity (Wildman–Crippen MR) is 98.1 cm³/mol. The Balaban J connectivity index is 2.27. The lowest BCUT2D eigenvalue weighted by molar-refractivity contribution is -0.385. The van der Waals surface area contributed by atoms with Crippen LogP contribution >= 0.6 is 0 Å². The Bertz CT molecular complexity index is 831. The summed E-state index contributed by atoms with van der Waals surface area (Å²) in [5, 5.41) is 14.0. The van der Waals surface area contributed by atoms with Gasteiger partial charge in [0, 0.05) is 18.5 Å². The van der Waals surface area contributed by atoms with E-state index in [9.17, 15) is 23.7 Å². The SMILES string of the molecule is CCC(CNC(=O)c1cc(OC)c(OC(F)F)cc1[N+](=O)[O-])c1ccccc1. The van der Waals surface area contributed by atoms with E-state index in [2.05, 4.69) is 10.1 Å². The van der Waals surface area contributed by atoms with Gasteiger partial charge >= 0.3 is 6.61 Å². The summed E-state index contributed by atoms with van der Waals surface area (Å²) in [6, 6.07) is 11.3. The summed E-state index contributed by atoms with van der Waals surface area (Å²) in [5.41, 5.74) is 0.0751. The van der Waals surface area contributed by atoms with Crippen LogP contribution in [0, 0.1) is 10.1 Å². The molecule has 0 aliphatic carbocycles. The predicted octanol–water partition coefficient (Wildman–Crippen LogP) is 4.13. The number of carbonyl (C=O) groups excluding carboxylic acids is 1. The summed E-state index contributed by atoms with van der Waals surface area (Å²) in [7, 11) is 1.18. The number of alkyl halides is 2. The minimum atomic E-state index is -3.19. The molecule has 1 unspecified atom stereocenters. The van der Waals surface area contributed by atoms with E-state index in [4.69, 9.17) is 4.74 Å². The second-order valence-electron chi connectivity index (χ2n) is 5.88. The van der Waals surface area contributed by atoms with Gasteiger partial charge in [-0.05, 0) is 12.0 Å². The molecular formula is C19H20F2N2O5. The monoisotopic (exact) mass is 394 g/mol. The van der Waals surface area contributed by atoms with E-state index >= 15 is 0 Å². The van der Waals surface area contributed by atoms with E-state index < -0.39 is 28.9 Å². The number of halogens is 2. The summed E-state index contributed by atoms with van der Waals surface area (Å²) < 4.78 is 34.2. The van der Waals surface area contributed by atoms with Crippen molar-refractivity contribution in [2.24, 2.45) is 0 Å². The van der Waals surface area contributed by atoms with Gasteiger partial charge in [0.15, 0.2) is 11.5 Å². The van der Waals surface area contributed by atoms with Crippen LogP contribution in [0.25, 0.3) is 0 Å². The van der Waals surface area contributed by atoms with Gasteiger partial charge < -0.3 is 14.8 Å². The average Bonchev–Trinajstić information content (AvgIpc) is 2.68. The number of nitrogens with zero attached hydrogens (tertiary/aromatic N) is 1. The lowest BCUT2D eigenvalue weighted by Gasteiger charge is -2.17. The average molecular weight is 394 g/mol. The van der Waals surface area contributed by atoms with Crippen molar-refractivity contribution >= 4 is 11.6 Å². The normalized spacial score (nSPS) is 11.8. The van der Waals surface area contributed by atoms with E-state index in [1.54, 1.807) is 0 Å². The highest BCUT2D eigenvalue weighted by atomic mass is 19.3. The molecule has 0 heterocycles. The largest absolute Gasteiger partial charge is 0.493 e. The quantitative estimate of drug-likeness (QED) is 0.510. The standard InChI is InChI=1S/C19H20F2N2O5/c1-3-12(13-7-5-4-6-8-13)11-22-18(24)14-9-16(27-2)17(28-19(20)21)10-15(14)23(25)26/h4-10,12,19H,3,11H2,1-2H3,(H,22,24). The first kappa shape index (κ1) is 21.1. The van der Waals surface area contributed by atoms with Crippen LogP contribution in [0.4, 0.5) is 14.5 Å². The topological polar surface area (TPSA) is 90.7 Å². The molecule has 1 amide bonds. The molecule has 0 aliphatic rings. The molecule has 2 rings (SSSR count). The maximum absolute atomic E-state index is 12.6. The number of hydrogen-bond acceptors (Lipinski definition) is 5. The van der Waals surface area contributed by atoms with Gasteiger partial charge in [-0.3, -0.25) is 14.9 Å². The van der Waals surface area contributed by atoms with Gasteiger partial charge in [-0.25, -0.2) is 0 Å². The van der Waals surface area contributed by atoms with Crippen molar-refractivity contribution in [2.45, 2.75) is 25.9 Å². The molecule has 7 nitrogen and oxygen atoms in total. The molecule has 0 fully saturated rings. The van der Waals surface area contributed by atoms with Crippen molar-refractivity contribution in [2.75, 3.05) is 13.7 Å². The molecule has 1 N–H and O–H groups in total. The van der Waals surface area contributed by atoms with Crippen molar-refractivity contribution < 1.29 is 28.0 Å². The molecule has 0 spiro atoms. The molecular weight excluding hydrogens is 374 g/mol. The van der Waals surface area contributed by atoms with E-state index in [-0.39, 0.29) is 23.8 Å². The fourth-order valence-electron chi connectivity index (χ4n) is 2.76. The number of carbonyl (C=O) groups is 1. The van der Waals surface area contributed by atoms with Crippen molar-refractivity contribution in [1.29, 1.82) is 0 Å². The number of hydrogen-bond donors (Lipinski definition) is 1. The molecule has 28 heavy (non-hydrogen) atoms. The number of nitrogens with one attached hydrogen (secondary N) is 1. The third-order valence-electron chi connectivity index (χ3n) is 4.21. The Hall–Kier alpha value is -3.23. The van der Waals surface area contributed by atoms with Crippen LogP contribution in [0.3, 0.4) is 0 Å². The van der Waals surface area contributed by atoms with Crippen molar-refractivity contribution in [1.82, 2.24) is 5.32 Å². The van der Waals surface area contributed by atoms with Crippen LogP contribution in [-0.4, -0.2) is 31.1 Å². The Morgan fingerprint density at radius 3 is 2.43 bits per heavy atom. The third kappa shape index (κ3) is 5.15. The van der Waals surface area contributed by atoms with Gasteiger partial charge in [0.25, 0.3) is 11.6 Å². The molecule has 0 aliphatic heterocycles. The Morgan fingerprint density at radius 1 is 1.21 bits per heavy atom. The first-order chi connectivity index (χ1) is 13.4. The summed E-state index contributed by atoms with van der Waals surface area (Å²) in [6.07, 6.45) is 0.747. The van der Waals surface area contributed by atoms with E-state index in [1.165, 1.54) is 7.11 Å². The summed E-state index contributed by atoms with van der Waals surface area (Å²) in [6.45, 7) is -0.968. The minimum Gasteiger partial charge on any atom is -0.493 e. The first-order valence-corrected chi connectivity index (χ1v) is 8.51. The zero-order chi connectivity index (χ0) is 20.7. The second kappa shape index (κ2) is 9.63. The highest BCUT2D eigenvalue weighted by Gasteiger charge is 2.26. The Labute approximate surface area is 160 Å². The number of benzene rings is 2. The highest BCUT2D eigenvalue weighted by Crippen LogP contribution is 2.35. The second-order valence-corrected chi connectivity index (χ2v) is 5.88. The van der Waals surface area contributed by atoms with Crippen molar-refractivity contribution in [3.63, 3.8) is 0 Å². The smallest absolute Gasteiger partial charge is 0.387 e. The van der Waals surface area contributed by atoms with Gasteiger partial charge in [0.1, 0.15) is 5.56 Å². The molecule has 0 saturated heterocycles. The number of amides is 1. The van der Waals surface area contributed by atoms with Crippen molar-refractivity contribution in [3.8, 4) is 11.5 Å². The fourth-order valence-corrected chi connectivity index (χ4v) is 2.76. The van der Waals surface area contributed by atoms with Crippen LogP contribution in [0.2, 0.25) is 0 Å². The lowest BCUT2D eigenvalue weighted by atomic mass is 9.96. The van der Waals surface area contributed by atoms with Gasteiger partial charge in [0.05, 0.1) is 18.1 Å². The van der Waals surface area contributed by atoms with Gasteiger partial charge in [0.2, 0.25) is 0 Å². The Morgan fingerprint density at radius 2 is 1.89 bits per heavy atom. The zero-order valence-electron chi connectivity index (χ0n) is 15.4. The van der Waals surface area contributed by atoms with Gasteiger partial charge in [-0.1, -0.05) is 37.3 Å². The molecule has 0 saturated carbocycles. The van der Waals surface area contributed by atoms with Crippen LogP contribution < -0.4 is 14.8 Å². The third-order valence-corrected chi connectivity index (χ3v) is 4.21. The number of rotatable bonds is 9. The van der Waals surface area contributed by atoms with Crippen LogP contribution in [0.15, 0.2) is 42.5 Å². The molecule has 150 valence electrons. The maximum atomic E-state index is 12.6. The summed E-state index contributed by atoms with van der Waals surface area (Å²) in [5.74, 6) is -1.40. The lowest BCUT2D eigenvalue weighted by Crippen LogP contribution is -2.29. The van der Waals surface area contributed by atoms with E-state index in [0.29, 0.717) is 0 Å². The number of ether oxygens (including phenoxy) is 2. The minimum absolute atomic E-state index is 0.0209. The molecule has 1 atom stereocenters. The summed E-state index contributed by atoms with van der Waals surface area (Å²) >= 11 is 0. The van der Waals surface area contributed by atoms with Crippen LogP contribution in [0.1, 0.15) is 35.2 Å². The number of nitro benzene ring substituents is 1. The first-order valence-electron chi connectivity index (χ1n) is 8.51. The van der Waals surface area contributed by atoms with Crippen molar-refractivity contribution in [3.05, 3.63) is 63.7 Å². The maximum Gasteiger partial charge on any atom is 0.387 e. The molecule has 0 bridgehead atoms. The van der Waals surface area contributed by atoms with E-state index in [1.807, 2.05) is 37.3 Å². The van der Waals surface area contributed by atoms with Gasteiger partial charge in [-0.15, -0.1) is 0 Å². The molecule has 2 aromatic carbocycles. The van der Waals surface area contributed by atoms with Crippen LogP contribution in [-0.2, 0) is 0 Å². The highest BCUT2D eigenvalue weighted by molar-refractivity contribution is 5.99. The van der Waals surface area contributed by atoms with E-state index in [0.717, 1.165) is 24.1 Å². The van der Waals surface area contributed by atoms with Gasteiger partial charge in [-0.2, -0.15) is 8.78 Å². The number of methoxy groups -OCH3 is 1. The zero-order valence-corrected chi connectivity index (χ0v) is 15.4. The molecule has 0 radical (unpaired) electrons. The molecule has 2 aromatic rings. The number of nitro groups is 1. The summed E-state index contributed by atoms with van der Waals surface area (Å²) in [4.78, 5) is 23.1. The fraction of sp³-hybridized carbons (Fsp3) is 0.316. The molecule has 9 heteroatoms. The Kier molecular flexibility index (Phi) is 7.25.